The smallest absolute Gasteiger partial charge is 0.181 e. The van der Waals surface area contributed by atoms with E-state index in [4.69, 9.17) is 9.72 Å². The van der Waals surface area contributed by atoms with Gasteiger partial charge in [-0.15, -0.1) is 0 Å². The highest BCUT2D eigenvalue weighted by molar-refractivity contribution is 5.63. The van der Waals surface area contributed by atoms with Crippen LogP contribution in [-0.4, -0.2) is 40.7 Å². The zero-order valence-corrected chi connectivity index (χ0v) is 19.8. The summed E-state index contributed by atoms with van der Waals surface area (Å²) in [5.74, 6) is 1.16. The molecule has 0 fully saturated rings. The average molecular weight is 457 g/mol. The number of nitrogens with zero attached hydrogens (tertiary/aromatic N) is 3. The van der Waals surface area contributed by atoms with E-state index in [9.17, 15) is 4.39 Å². The standard InChI is InChI=1S/C28H29FN4O/c1-19-5-7-20(8-6-19)26-30-27(32-31-26)21-9-14-25-22(17-21)18-34-28(25,15-4-16-33(2)3)23-10-12-24(29)13-11-23/h5-14,17H,4,15-16,18H2,1-3H3,(H,30,31,32)/t28-/m0/s1. The second kappa shape index (κ2) is 9.12. The molecule has 6 heteroatoms. The highest BCUT2D eigenvalue weighted by Crippen LogP contribution is 2.46. The van der Waals surface area contributed by atoms with E-state index >= 15 is 0 Å². The number of hydrogen-bond acceptors (Lipinski definition) is 4. The summed E-state index contributed by atoms with van der Waals surface area (Å²) in [4.78, 5) is 6.90. The van der Waals surface area contributed by atoms with Gasteiger partial charge in [0.15, 0.2) is 11.6 Å². The van der Waals surface area contributed by atoms with Gasteiger partial charge in [0, 0.05) is 11.1 Å². The molecule has 2 heterocycles. The van der Waals surface area contributed by atoms with Gasteiger partial charge in [-0.25, -0.2) is 9.37 Å². The van der Waals surface area contributed by atoms with Crippen LogP contribution in [0.3, 0.4) is 0 Å². The summed E-state index contributed by atoms with van der Waals surface area (Å²) in [5.41, 5.74) is 5.81. The first kappa shape index (κ1) is 22.4. The summed E-state index contributed by atoms with van der Waals surface area (Å²) in [7, 11) is 4.14. The summed E-state index contributed by atoms with van der Waals surface area (Å²) in [5, 5.41) is 7.52. The lowest BCUT2D eigenvalue weighted by atomic mass is 9.81. The molecule has 0 bridgehead atoms. The fraction of sp³-hybridized carbons (Fsp3) is 0.286. The van der Waals surface area contributed by atoms with Crippen LogP contribution in [-0.2, 0) is 16.9 Å². The van der Waals surface area contributed by atoms with Crippen LogP contribution < -0.4 is 0 Å². The number of hydrogen-bond donors (Lipinski definition) is 1. The molecule has 0 saturated heterocycles. The fourth-order valence-electron chi connectivity index (χ4n) is 4.71. The zero-order valence-electron chi connectivity index (χ0n) is 19.8. The molecule has 174 valence electrons. The number of aryl methyl sites for hydroxylation is 1. The molecule has 4 aromatic rings. The Kier molecular flexibility index (Phi) is 6.02. The van der Waals surface area contributed by atoms with Crippen LogP contribution in [0, 0.1) is 12.7 Å². The number of H-pyrrole nitrogens is 1. The topological polar surface area (TPSA) is 54.0 Å². The Morgan fingerprint density at radius 3 is 2.47 bits per heavy atom. The molecule has 5 rings (SSSR count). The van der Waals surface area contributed by atoms with E-state index in [1.807, 2.05) is 24.3 Å². The van der Waals surface area contributed by atoms with Crippen LogP contribution in [0.2, 0.25) is 0 Å². The molecule has 1 atom stereocenters. The summed E-state index contributed by atoms with van der Waals surface area (Å²) in [6.07, 6.45) is 1.79. The molecule has 0 aliphatic carbocycles. The fourth-order valence-corrected chi connectivity index (χ4v) is 4.71. The first-order valence-corrected chi connectivity index (χ1v) is 11.6. The van der Waals surface area contributed by atoms with Crippen LogP contribution in [0.15, 0.2) is 66.7 Å². The van der Waals surface area contributed by atoms with Crippen LogP contribution in [0.25, 0.3) is 22.8 Å². The third-order valence-electron chi connectivity index (χ3n) is 6.53. The van der Waals surface area contributed by atoms with Gasteiger partial charge in [0.25, 0.3) is 0 Å². The SMILES string of the molecule is Cc1ccc(-c2nc(-c3ccc4c(c3)CO[C@@]4(CCCN(C)C)c3ccc(F)cc3)n[nH]2)cc1. The molecule has 0 unspecified atom stereocenters. The maximum atomic E-state index is 13.7. The largest absolute Gasteiger partial charge is 0.361 e. The Balaban J connectivity index is 1.48. The van der Waals surface area contributed by atoms with E-state index in [2.05, 4.69) is 66.4 Å². The Labute approximate surface area is 199 Å². The molecule has 1 aliphatic rings. The van der Waals surface area contributed by atoms with Crippen molar-refractivity contribution in [1.29, 1.82) is 0 Å². The van der Waals surface area contributed by atoms with Crippen LogP contribution >= 0.6 is 0 Å². The van der Waals surface area contributed by atoms with Crippen molar-refractivity contribution in [2.24, 2.45) is 0 Å². The van der Waals surface area contributed by atoms with E-state index in [1.54, 1.807) is 0 Å². The number of ether oxygens (including phenoxy) is 1. The normalized spacial score (nSPS) is 17.3. The molecule has 1 N–H and O–H groups in total. The molecular formula is C28H29FN4O. The minimum absolute atomic E-state index is 0.241. The number of aromatic amines is 1. The van der Waals surface area contributed by atoms with E-state index in [-0.39, 0.29) is 5.82 Å². The number of halogens is 1. The number of fused-ring (bicyclic) bond motifs is 1. The van der Waals surface area contributed by atoms with E-state index in [1.165, 1.54) is 17.7 Å². The van der Waals surface area contributed by atoms with Crippen molar-refractivity contribution in [3.8, 4) is 22.8 Å². The molecule has 0 radical (unpaired) electrons. The van der Waals surface area contributed by atoms with Crippen molar-refractivity contribution in [2.45, 2.75) is 32.0 Å². The van der Waals surface area contributed by atoms with Crippen molar-refractivity contribution in [3.05, 3.63) is 94.8 Å². The van der Waals surface area contributed by atoms with Crippen molar-refractivity contribution in [2.75, 3.05) is 20.6 Å². The molecule has 0 amide bonds. The van der Waals surface area contributed by atoms with Crippen molar-refractivity contribution in [1.82, 2.24) is 20.1 Å². The molecule has 5 nitrogen and oxygen atoms in total. The maximum Gasteiger partial charge on any atom is 0.181 e. The predicted molar refractivity (Wildman–Crippen MR) is 132 cm³/mol. The Hall–Kier alpha value is -3.35. The van der Waals surface area contributed by atoms with Crippen molar-refractivity contribution < 1.29 is 9.13 Å². The number of rotatable bonds is 7. The molecule has 3 aromatic carbocycles. The van der Waals surface area contributed by atoms with E-state index < -0.39 is 5.60 Å². The monoisotopic (exact) mass is 456 g/mol. The number of benzene rings is 3. The quantitative estimate of drug-likeness (QED) is 0.387. The summed E-state index contributed by atoms with van der Waals surface area (Å²) < 4.78 is 20.2. The Morgan fingerprint density at radius 1 is 1.00 bits per heavy atom. The molecule has 1 aliphatic heterocycles. The summed E-state index contributed by atoms with van der Waals surface area (Å²) in [6, 6.07) is 21.2. The molecule has 34 heavy (non-hydrogen) atoms. The van der Waals surface area contributed by atoms with Crippen LogP contribution in [0.1, 0.15) is 35.1 Å². The van der Waals surface area contributed by atoms with E-state index in [0.717, 1.165) is 53.0 Å². The van der Waals surface area contributed by atoms with E-state index in [0.29, 0.717) is 12.4 Å². The van der Waals surface area contributed by atoms with Crippen LogP contribution in [0.4, 0.5) is 4.39 Å². The van der Waals surface area contributed by atoms with Gasteiger partial charge < -0.3 is 9.64 Å². The number of nitrogens with one attached hydrogen (secondary N) is 1. The van der Waals surface area contributed by atoms with Gasteiger partial charge in [-0.05, 0) is 75.3 Å². The lowest BCUT2D eigenvalue weighted by molar-refractivity contribution is -0.0140. The van der Waals surface area contributed by atoms with Gasteiger partial charge in [-0.1, -0.05) is 54.1 Å². The summed E-state index contributed by atoms with van der Waals surface area (Å²) in [6.45, 7) is 3.52. The van der Waals surface area contributed by atoms with Crippen molar-refractivity contribution >= 4 is 0 Å². The van der Waals surface area contributed by atoms with Crippen molar-refractivity contribution in [3.63, 3.8) is 0 Å². The average Bonchev–Trinajstić information content (AvgIpc) is 3.46. The molecule has 0 saturated carbocycles. The lowest BCUT2D eigenvalue weighted by Gasteiger charge is -2.31. The third-order valence-corrected chi connectivity index (χ3v) is 6.53. The minimum atomic E-state index is -0.580. The second-order valence-electron chi connectivity index (χ2n) is 9.27. The van der Waals surface area contributed by atoms with Gasteiger partial charge in [0.1, 0.15) is 11.4 Å². The molecule has 1 aromatic heterocycles. The highest BCUT2D eigenvalue weighted by Gasteiger charge is 2.41. The Bertz CT molecular complexity index is 1280. The van der Waals surface area contributed by atoms with Gasteiger partial charge in [0.2, 0.25) is 0 Å². The van der Waals surface area contributed by atoms with Crippen LogP contribution in [0.5, 0.6) is 0 Å². The summed E-state index contributed by atoms with van der Waals surface area (Å²) >= 11 is 0. The van der Waals surface area contributed by atoms with Gasteiger partial charge in [0.05, 0.1) is 6.61 Å². The number of aromatic nitrogens is 3. The zero-order chi connectivity index (χ0) is 23.7. The van der Waals surface area contributed by atoms with Gasteiger partial charge in [-0.3, -0.25) is 5.10 Å². The van der Waals surface area contributed by atoms with Gasteiger partial charge in [-0.2, -0.15) is 5.10 Å². The molecule has 0 spiro atoms. The lowest BCUT2D eigenvalue weighted by Crippen LogP contribution is -2.28. The van der Waals surface area contributed by atoms with Gasteiger partial charge >= 0.3 is 0 Å². The Morgan fingerprint density at radius 2 is 1.74 bits per heavy atom. The first-order chi connectivity index (χ1) is 16.4. The minimum Gasteiger partial charge on any atom is -0.361 e. The molecular weight excluding hydrogens is 427 g/mol. The highest BCUT2D eigenvalue weighted by atomic mass is 19.1. The first-order valence-electron chi connectivity index (χ1n) is 11.6. The maximum absolute atomic E-state index is 13.7. The second-order valence-corrected chi connectivity index (χ2v) is 9.27. The third kappa shape index (κ3) is 4.27. The predicted octanol–water partition coefficient (Wildman–Crippen LogP) is 5.70.